The number of nitrogens with zero attached hydrogens (tertiary/aromatic N) is 2. The van der Waals surface area contributed by atoms with Crippen LogP contribution in [-0.2, 0) is 4.79 Å². The van der Waals surface area contributed by atoms with Crippen molar-refractivity contribution in [3.05, 3.63) is 34.1 Å². The van der Waals surface area contributed by atoms with Gasteiger partial charge in [-0.25, -0.2) is 4.39 Å². The van der Waals surface area contributed by atoms with Gasteiger partial charge in [0.05, 0.1) is 22.7 Å². The van der Waals surface area contributed by atoms with Crippen LogP contribution in [0.4, 0.5) is 15.8 Å². The average Bonchev–Trinajstić information content (AvgIpc) is 3.08. The van der Waals surface area contributed by atoms with E-state index in [9.17, 15) is 19.3 Å². The van der Waals surface area contributed by atoms with Crippen molar-refractivity contribution < 1.29 is 14.1 Å². The highest BCUT2D eigenvalue weighted by atomic mass is 19.1. The summed E-state index contributed by atoms with van der Waals surface area (Å²) in [5.41, 5.74) is -1.53. The highest BCUT2D eigenvalue weighted by Crippen LogP contribution is 2.45. The average molecular weight is 249 g/mol. The number of amides is 1. The van der Waals surface area contributed by atoms with Crippen molar-refractivity contribution in [1.82, 2.24) is 0 Å². The topological polar surface area (TPSA) is 96.0 Å². The Morgan fingerprint density at radius 1 is 1.50 bits per heavy atom. The Morgan fingerprint density at radius 2 is 2.17 bits per heavy atom. The first-order valence-electron chi connectivity index (χ1n) is 5.14. The fourth-order valence-electron chi connectivity index (χ4n) is 1.52. The van der Waals surface area contributed by atoms with Crippen LogP contribution in [0.2, 0.25) is 0 Å². The number of nitrogens with one attached hydrogen (secondary N) is 1. The van der Waals surface area contributed by atoms with Crippen LogP contribution in [0.5, 0.6) is 0 Å². The maximum Gasteiger partial charge on any atom is 0.274 e. The molecule has 1 fully saturated rings. The van der Waals surface area contributed by atoms with Gasteiger partial charge < -0.3 is 5.32 Å². The van der Waals surface area contributed by atoms with E-state index in [1.807, 2.05) is 6.07 Å². The number of halogens is 1. The lowest BCUT2D eigenvalue weighted by atomic mass is 10.1. The van der Waals surface area contributed by atoms with Gasteiger partial charge in [-0.3, -0.25) is 14.9 Å². The number of nitriles is 1. The van der Waals surface area contributed by atoms with Gasteiger partial charge in [-0.15, -0.1) is 0 Å². The van der Waals surface area contributed by atoms with Gasteiger partial charge in [-0.05, 0) is 18.9 Å². The van der Waals surface area contributed by atoms with Gasteiger partial charge in [0.1, 0.15) is 11.2 Å². The summed E-state index contributed by atoms with van der Waals surface area (Å²) < 4.78 is 13.1. The van der Waals surface area contributed by atoms with E-state index in [1.165, 1.54) is 0 Å². The van der Waals surface area contributed by atoms with Crippen molar-refractivity contribution in [2.45, 2.75) is 12.8 Å². The summed E-state index contributed by atoms with van der Waals surface area (Å²) >= 11 is 0. The van der Waals surface area contributed by atoms with Gasteiger partial charge in [-0.2, -0.15) is 5.26 Å². The first-order chi connectivity index (χ1) is 8.47. The molecule has 0 heterocycles. The molecular formula is C11H8FN3O3. The molecule has 1 aromatic rings. The molecule has 1 amide bonds. The van der Waals surface area contributed by atoms with E-state index in [2.05, 4.69) is 5.32 Å². The smallest absolute Gasteiger partial charge is 0.274 e. The molecule has 0 atom stereocenters. The lowest BCUT2D eigenvalue weighted by Crippen LogP contribution is -2.22. The molecule has 0 bridgehead atoms. The van der Waals surface area contributed by atoms with Crippen LogP contribution in [-0.4, -0.2) is 10.8 Å². The van der Waals surface area contributed by atoms with E-state index in [4.69, 9.17) is 5.26 Å². The fourth-order valence-corrected chi connectivity index (χ4v) is 1.52. The molecule has 1 saturated carbocycles. The third-order valence-corrected chi connectivity index (χ3v) is 2.75. The van der Waals surface area contributed by atoms with Crippen LogP contribution >= 0.6 is 0 Å². The van der Waals surface area contributed by atoms with Crippen LogP contribution in [0.3, 0.4) is 0 Å². The first-order valence-corrected chi connectivity index (χ1v) is 5.14. The minimum Gasteiger partial charge on any atom is -0.324 e. The minimum atomic E-state index is -1.05. The number of non-ortho nitro benzene ring substituents is 1. The Kier molecular flexibility index (Phi) is 2.71. The van der Waals surface area contributed by atoms with Crippen LogP contribution in [0.15, 0.2) is 18.2 Å². The number of hydrogen-bond acceptors (Lipinski definition) is 4. The van der Waals surface area contributed by atoms with Crippen molar-refractivity contribution in [2.75, 3.05) is 5.32 Å². The van der Waals surface area contributed by atoms with Crippen LogP contribution in [0, 0.1) is 32.7 Å². The lowest BCUT2D eigenvalue weighted by molar-refractivity contribution is -0.385. The van der Waals surface area contributed by atoms with Gasteiger partial charge in [0.2, 0.25) is 5.91 Å². The molecule has 0 radical (unpaired) electrons. The molecule has 1 aliphatic rings. The van der Waals surface area contributed by atoms with Crippen molar-refractivity contribution in [3.63, 3.8) is 0 Å². The molecule has 2 rings (SSSR count). The Balaban J connectivity index is 2.22. The lowest BCUT2D eigenvalue weighted by Gasteiger charge is -2.08. The molecule has 6 nitrogen and oxygen atoms in total. The third-order valence-electron chi connectivity index (χ3n) is 2.75. The maximum absolute atomic E-state index is 13.1. The second-order valence-corrected chi connectivity index (χ2v) is 4.10. The number of anilines is 1. The number of benzene rings is 1. The third kappa shape index (κ3) is 2.13. The highest BCUT2D eigenvalue weighted by Gasteiger charge is 2.50. The standard InChI is InChI=1S/C11H8FN3O3/c12-7-3-8(5-9(4-7)15(17)18)14-10(16)11(6-13)1-2-11/h3-5H,1-2H2,(H,14,16). The molecule has 0 unspecified atom stereocenters. The van der Waals surface area contributed by atoms with E-state index in [1.54, 1.807) is 0 Å². The fraction of sp³-hybridized carbons (Fsp3) is 0.273. The molecule has 0 spiro atoms. The number of carbonyl (C=O) groups is 1. The maximum atomic E-state index is 13.1. The molecule has 1 aromatic carbocycles. The number of rotatable bonds is 3. The SMILES string of the molecule is N#CC1(C(=O)Nc2cc(F)cc([N+](=O)[O-])c2)CC1. The second-order valence-electron chi connectivity index (χ2n) is 4.10. The van der Waals surface area contributed by atoms with E-state index in [0.29, 0.717) is 12.8 Å². The van der Waals surface area contributed by atoms with E-state index >= 15 is 0 Å². The number of hydrogen-bond donors (Lipinski definition) is 1. The predicted octanol–water partition coefficient (Wildman–Crippen LogP) is 1.98. The molecule has 92 valence electrons. The summed E-state index contributed by atoms with van der Waals surface area (Å²) in [7, 11) is 0. The van der Waals surface area contributed by atoms with Gasteiger partial charge in [-0.1, -0.05) is 0 Å². The summed E-state index contributed by atoms with van der Waals surface area (Å²) in [5, 5.41) is 21.7. The zero-order chi connectivity index (χ0) is 13.3. The van der Waals surface area contributed by atoms with Gasteiger partial charge in [0, 0.05) is 6.07 Å². The summed E-state index contributed by atoms with van der Waals surface area (Å²) in [4.78, 5) is 21.5. The quantitative estimate of drug-likeness (QED) is 0.654. The van der Waals surface area contributed by atoms with E-state index in [-0.39, 0.29) is 5.69 Å². The van der Waals surface area contributed by atoms with E-state index in [0.717, 1.165) is 18.2 Å². The predicted molar refractivity (Wildman–Crippen MR) is 59.0 cm³/mol. The zero-order valence-corrected chi connectivity index (χ0v) is 9.14. The Labute approximate surface area is 101 Å². The number of nitro benzene ring substituents is 1. The number of carbonyl (C=O) groups excluding carboxylic acids is 1. The van der Waals surface area contributed by atoms with Crippen LogP contribution < -0.4 is 5.32 Å². The minimum absolute atomic E-state index is 0.0202. The van der Waals surface area contributed by atoms with Gasteiger partial charge >= 0.3 is 0 Å². The molecule has 1 N–H and O–H groups in total. The largest absolute Gasteiger partial charge is 0.324 e. The van der Waals surface area contributed by atoms with Gasteiger partial charge in [0.25, 0.3) is 5.69 Å². The van der Waals surface area contributed by atoms with Crippen molar-refractivity contribution in [1.29, 1.82) is 5.26 Å². The highest BCUT2D eigenvalue weighted by molar-refractivity contribution is 5.99. The molecule has 0 saturated heterocycles. The van der Waals surface area contributed by atoms with Gasteiger partial charge in [0.15, 0.2) is 0 Å². The van der Waals surface area contributed by atoms with E-state index < -0.39 is 27.8 Å². The normalized spacial score (nSPS) is 15.6. The monoisotopic (exact) mass is 249 g/mol. The summed E-state index contributed by atoms with van der Waals surface area (Å²) in [6.07, 6.45) is 0.902. The Morgan fingerprint density at radius 3 is 2.67 bits per heavy atom. The molecule has 18 heavy (non-hydrogen) atoms. The molecule has 0 aliphatic heterocycles. The number of nitro groups is 1. The Bertz CT molecular complexity index is 575. The first kappa shape index (κ1) is 12.0. The van der Waals surface area contributed by atoms with Crippen LogP contribution in [0.1, 0.15) is 12.8 Å². The summed E-state index contributed by atoms with van der Waals surface area (Å²) in [6.45, 7) is 0. The zero-order valence-electron chi connectivity index (χ0n) is 9.14. The molecule has 1 aliphatic carbocycles. The summed E-state index contributed by atoms with van der Waals surface area (Å²) in [5.74, 6) is -1.37. The van der Waals surface area contributed by atoms with Crippen LogP contribution in [0.25, 0.3) is 0 Å². The van der Waals surface area contributed by atoms with Crippen molar-refractivity contribution in [3.8, 4) is 6.07 Å². The van der Waals surface area contributed by atoms with Crippen molar-refractivity contribution in [2.24, 2.45) is 5.41 Å². The Hall–Kier alpha value is -2.49. The molecule has 7 heteroatoms. The summed E-state index contributed by atoms with van der Waals surface area (Å²) in [6, 6.07) is 4.66. The second kappa shape index (κ2) is 4.07. The van der Waals surface area contributed by atoms with Crippen molar-refractivity contribution >= 4 is 17.3 Å². The molecule has 0 aromatic heterocycles. The molecular weight excluding hydrogens is 241 g/mol.